The van der Waals surface area contributed by atoms with E-state index >= 15 is 0 Å². The molecule has 1 aromatic heterocycles. The molecule has 8 nitrogen and oxygen atoms in total. The maximum atomic E-state index is 11.3. The first kappa shape index (κ1) is 13.1. The monoisotopic (exact) mass is 243 g/mol. The van der Waals surface area contributed by atoms with Crippen LogP contribution in [0.25, 0.3) is 0 Å². The van der Waals surface area contributed by atoms with Gasteiger partial charge >= 0.3 is 5.69 Å². The van der Waals surface area contributed by atoms with Crippen LogP contribution in [-0.2, 0) is 11.2 Å². The Morgan fingerprint density at radius 3 is 2.71 bits per heavy atom. The van der Waals surface area contributed by atoms with Crippen LogP contribution in [0.15, 0.2) is 15.7 Å². The molecule has 1 unspecified atom stereocenters. The van der Waals surface area contributed by atoms with Gasteiger partial charge in [0.2, 0.25) is 5.91 Å². The second kappa shape index (κ2) is 5.97. The zero-order valence-electron chi connectivity index (χ0n) is 8.90. The van der Waals surface area contributed by atoms with Crippen molar-refractivity contribution in [3.63, 3.8) is 0 Å². The number of rotatable bonds is 5. The Morgan fingerprint density at radius 2 is 2.12 bits per heavy atom. The number of hydrogen-bond acceptors (Lipinski definition) is 5. The largest absolute Gasteiger partial charge is 0.394 e. The zero-order chi connectivity index (χ0) is 12.8. The van der Waals surface area contributed by atoms with E-state index in [0.29, 0.717) is 0 Å². The number of aromatic amines is 2. The normalized spacial score (nSPS) is 12.1. The number of carbonyl (C=O) groups is 1. The standard InChI is InChI=1S/C9H13N3O5/c13-4-6(14)3-10-7(15)1-5-2-8(16)12-9(17)11-5/h2,6,13-14H,1,3-4H2,(H,10,15)(H2,11,12,16,17). The number of H-pyrrole nitrogens is 2. The van der Waals surface area contributed by atoms with Crippen molar-refractivity contribution in [1.82, 2.24) is 15.3 Å². The lowest BCUT2D eigenvalue weighted by Gasteiger charge is -2.08. The van der Waals surface area contributed by atoms with Crippen LogP contribution in [-0.4, -0.2) is 45.3 Å². The lowest BCUT2D eigenvalue weighted by atomic mass is 10.2. The predicted molar refractivity (Wildman–Crippen MR) is 57.5 cm³/mol. The van der Waals surface area contributed by atoms with E-state index in [0.717, 1.165) is 6.07 Å². The molecular formula is C9H13N3O5. The second-order valence-electron chi connectivity index (χ2n) is 3.43. The molecule has 1 heterocycles. The van der Waals surface area contributed by atoms with Gasteiger partial charge in [0.15, 0.2) is 0 Å². The number of hydrogen-bond donors (Lipinski definition) is 5. The van der Waals surface area contributed by atoms with Crippen LogP contribution in [0.2, 0.25) is 0 Å². The van der Waals surface area contributed by atoms with Crippen LogP contribution < -0.4 is 16.6 Å². The van der Waals surface area contributed by atoms with E-state index < -0.39 is 29.9 Å². The van der Waals surface area contributed by atoms with Crippen LogP contribution in [0.5, 0.6) is 0 Å². The fourth-order valence-electron chi connectivity index (χ4n) is 1.15. The lowest BCUT2D eigenvalue weighted by Crippen LogP contribution is -2.35. The van der Waals surface area contributed by atoms with Crippen molar-refractivity contribution in [1.29, 1.82) is 0 Å². The number of carbonyl (C=O) groups excluding carboxylic acids is 1. The minimum absolute atomic E-state index is 0.0945. The van der Waals surface area contributed by atoms with Crippen LogP contribution in [0.3, 0.4) is 0 Å². The van der Waals surface area contributed by atoms with Gasteiger partial charge in [0.25, 0.3) is 5.56 Å². The molecule has 0 aliphatic rings. The van der Waals surface area contributed by atoms with Crippen molar-refractivity contribution in [3.8, 4) is 0 Å². The third-order valence-corrected chi connectivity index (χ3v) is 1.91. The minimum Gasteiger partial charge on any atom is -0.394 e. The molecule has 0 saturated heterocycles. The topological polar surface area (TPSA) is 135 Å². The lowest BCUT2D eigenvalue weighted by molar-refractivity contribution is -0.121. The van der Waals surface area contributed by atoms with Crippen molar-refractivity contribution >= 4 is 5.91 Å². The Morgan fingerprint density at radius 1 is 1.41 bits per heavy atom. The summed E-state index contributed by atoms with van der Waals surface area (Å²) in [5.41, 5.74) is -1.10. The molecule has 0 radical (unpaired) electrons. The van der Waals surface area contributed by atoms with E-state index in [1.165, 1.54) is 0 Å². The first-order valence-corrected chi connectivity index (χ1v) is 4.89. The molecule has 94 valence electrons. The van der Waals surface area contributed by atoms with Crippen molar-refractivity contribution < 1.29 is 15.0 Å². The van der Waals surface area contributed by atoms with Gasteiger partial charge in [-0.05, 0) is 0 Å². The molecule has 1 rings (SSSR count). The highest BCUT2D eigenvalue weighted by molar-refractivity contribution is 5.78. The van der Waals surface area contributed by atoms with E-state index in [1.807, 2.05) is 4.98 Å². The highest BCUT2D eigenvalue weighted by atomic mass is 16.3. The summed E-state index contributed by atoms with van der Waals surface area (Å²) in [5, 5.41) is 19.8. The molecule has 0 bridgehead atoms. The summed E-state index contributed by atoms with van der Waals surface area (Å²) < 4.78 is 0. The van der Waals surface area contributed by atoms with Crippen LogP contribution in [0.1, 0.15) is 5.69 Å². The van der Waals surface area contributed by atoms with E-state index in [-0.39, 0.29) is 18.7 Å². The summed E-state index contributed by atoms with van der Waals surface area (Å²) >= 11 is 0. The van der Waals surface area contributed by atoms with Gasteiger partial charge in [-0.25, -0.2) is 4.79 Å². The van der Waals surface area contributed by atoms with E-state index in [1.54, 1.807) is 0 Å². The maximum absolute atomic E-state index is 11.3. The highest BCUT2D eigenvalue weighted by Gasteiger charge is 2.07. The Kier molecular flexibility index (Phi) is 4.61. The fourth-order valence-corrected chi connectivity index (χ4v) is 1.15. The molecule has 0 saturated carbocycles. The molecule has 0 spiro atoms. The SMILES string of the molecule is O=C(Cc1cc(=O)[nH]c(=O)[nH]1)NCC(O)CO. The van der Waals surface area contributed by atoms with Gasteiger partial charge in [0.1, 0.15) is 0 Å². The van der Waals surface area contributed by atoms with Gasteiger partial charge in [-0.1, -0.05) is 0 Å². The third kappa shape index (κ3) is 4.62. The number of aliphatic hydroxyl groups is 2. The molecule has 0 aliphatic heterocycles. The summed E-state index contributed by atoms with van der Waals surface area (Å²) in [6.07, 6.45) is -1.21. The summed E-state index contributed by atoms with van der Waals surface area (Å²) in [4.78, 5) is 37.4. The van der Waals surface area contributed by atoms with Crippen molar-refractivity contribution in [3.05, 3.63) is 32.6 Å². The first-order chi connectivity index (χ1) is 8.01. The number of amides is 1. The Labute approximate surface area is 95.3 Å². The van der Waals surface area contributed by atoms with E-state index in [4.69, 9.17) is 10.2 Å². The number of aromatic nitrogens is 2. The Bertz CT molecular complexity index is 464. The summed E-state index contributed by atoms with van der Waals surface area (Å²) in [6, 6.07) is 1.10. The van der Waals surface area contributed by atoms with Crippen molar-refractivity contribution in [2.24, 2.45) is 0 Å². The first-order valence-electron chi connectivity index (χ1n) is 4.89. The molecule has 5 N–H and O–H groups in total. The minimum atomic E-state index is -1.03. The van der Waals surface area contributed by atoms with Crippen LogP contribution >= 0.6 is 0 Å². The van der Waals surface area contributed by atoms with Gasteiger partial charge in [-0.3, -0.25) is 14.6 Å². The van der Waals surface area contributed by atoms with Gasteiger partial charge in [0.05, 0.1) is 19.1 Å². The Balaban J connectivity index is 2.56. The van der Waals surface area contributed by atoms with E-state index in [9.17, 15) is 14.4 Å². The predicted octanol–water partition coefficient (Wildman–Crippen LogP) is -2.92. The van der Waals surface area contributed by atoms with Gasteiger partial charge < -0.3 is 20.5 Å². The van der Waals surface area contributed by atoms with Crippen molar-refractivity contribution in [2.75, 3.05) is 13.2 Å². The quantitative estimate of drug-likeness (QED) is 0.377. The number of nitrogens with one attached hydrogen (secondary N) is 3. The molecule has 17 heavy (non-hydrogen) atoms. The highest BCUT2D eigenvalue weighted by Crippen LogP contribution is 1.88. The molecule has 1 aromatic rings. The summed E-state index contributed by atoms with van der Waals surface area (Å²) in [5.74, 6) is -0.473. The molecule has 0 aromatic carbocycles. The third-order valence-electron chi connectivity index (χ3n) is 1.91. The van der Waals surface area contributed by atoms with Crippen LogP contribution in [0, 0.1) is 0 Å². The number of aliphatic hydroxyl groups excluding tert-OH is 2. The average Bonchev–Trinajstić information content (AvgIpc) is 2.24. The molecule has 1 atom stereocenters. The van der Waals surface area contributed by atoms with Crippen molar-refractivity contribution in [2.45, 2.75) is 12.5 Å². The summed E-state index contributed by atoms with van der Waals surface area (Å²) in [6.45, 7) is -0.551. The molecule has 1 amide bonds. The maximum Gasteiger partial charge on any atom is 0.325 e. The van der Waals surface area contributed by atoms with Gasteiger partial charge in [-0.15, -0.1) is 0 Å². The van der Waals surface area contributed by atoms with Gasteiger partial charge in [-0.2, -0.15) is 0 Å². The van der Waals surface area contributed by atoms with E-state index in [2.05, 4.69) is 10.3 Å². The second-order valence-corrected chi connectivity index (χ2v) is 3.43. The molecular weight excluding hydrogens is 230 g/mol. The Hall–Kier alpha value is -1.93. The molecule has 0 fully saturated rings. The molecule has 0 aliphatic carbocycles. The summed E-state index contributed by atoms with van der Waals surface area (Å²) in [7, 11) is 0. The zero-order valence-corrected chi connectivity index (χ0v) is 8.90. The average molecular weight is 243 g/mol. The van der Waals surface area contributed by atoms with Gasteiger partial charge in [0, 0.05) is 18.3 Å². The molecule has 8 heteroatoms. The van der Waals surface area contributed by atoms with Crippen LogP contribution in [0.4, 0.5) is 0 Å². The smallest absolute Gasteiger partial charge is 0.325 e. The fraction of sp³-hybridized carbons (Fsp3) is 0.444.